The van der Waals surface area contributed by atoms with Crippen LogP contribution in [0.15, 0.2) is 59.5 Å². The number of ketones is 1. The maximum absolute atomic E-state index is 13.7. The van der Waals surface area contributed by atoms with Crippen molar-refractivity contribution in [2.24, 2.45) is 0 Å². The summed E-state index contributed by atoms with van der Waals surface area (Å²) in [4.78, 5) is 24.8. The zero-order valence-corrected chi connectivity index (χ0v) is 23.0. The van der Waals surface area contributed by atoms with E-state index in [0.717, 1.165) is 21.6 Å². The van der Waals surface area contributed by atoms with Crippen LogP contribution < -0.4 is 4.74 Å². The Bertz CT molecular complexity index is 1400. The maximum atomic E-state index is 13.7. The first kappa shape index (κ1) is 27.0. The molecular formula is C28H31NO6S2. The highest BCUT2D eigenvalue weighted by Gasteiger charge is 2.34. The molecule has 196 valence electrons. The van der Waals surface area contributed by atoms with Crippen LogP contribution in [-0.2, 0) is 26.1 Å². The molecule has 0 N–H and O–H groups in total. The summed E-state index contributed by atoms with van der Waals surface area (Å²) in [7, 11) is -3.79. The number of carbonyl (C=O) groups excluding carboxylic acids is 2. The van der Waals surface area contributed by atoms with Crippen molar-refractivity contribution in [1.82, 2.24) is 4.31 Å². The van der Waals surface area contributed by atoms with Crippen LogP contribution in [0.1, 0.15) is 64.3 Å². The monoisotopic (exact) mass is 541 g/mol. The van der Waals surface area contributed by atoms with Gasteiger partial charge in [-0.25, -0.2) is 8.42 Å². The van der Waals surface area contributed by atoms with Crippen LogP contribution in [0.4, 0.5) is 0 Å². The van der Waals surface area contributed by atoms with Crippen molar-refractivity contribution in [3.05, 3.63) is 81.0 Å². The van der Waals surface area contributed by atoms with Crippen molar-refractivity contribution in [3.8, 4) is 5.75 Å². The number of thiophene rings is 1. The molecule has 3 aromatic rings. The van der Waals surface area contributed by atoms with E-state index in [2.05, 4.69) is 0 Å². The summed E-state index contributed by atoms with van der Waals surface area (Å²) in [5.74, 6) is 0.0416. The third kappa shape index (κ3) is 5.63. The Labute approximate surface area is 222 Å². The minimum atomic E-state index is -3.79. The number of sulfonamides is 1. The second-order valence-electron chi connectivity index (χ2n) is 9.25. The van der Waals surface area contributed by atoms with Crippen molar-refractivity contribution >= 4 is 33.6 Å². The van der Waals surface area contributed by atoms with Gasteiger partial charge in [0.2, 0.25) is 10.0 Å². The van der Waals surface area contributed by atoms with Crippen molar-refractivity contribution in [3.63, 3.8) is 0 Å². The number of hydrogen-bond donors (Lipinski definition) is 0. The van der Waals surface area contributed by atoms with E-state index in [4.69, 9.17) is 9.47 Å². The highest BCUT2D eigenvalue weighted by atomic mass is 32.2. The molecule has 0 fully saturated rings. The summed E-state index contributed by atoms with van der Waals surface area (Å²) in [6.07, 6.45) is -0.0937. The zero-order valence-electron chi connectivity index (χ0n) is 21.3. The maximum Gasteiger partial charge on any atom is 0.293 e. The molecular weight excluding hydrogens is 510 g/mol. The summed E-state index contributed by atoms with van der Waals surface area (Å²) in [5, 5.41) is 0. The largest absolute Gasteiger partial charge is 0.488 e. The Morgan fingerprint density at radius 1 is 1.22 bits per heavy atom. The van der Waals surface area contributed by atoms with Crippen LogP contribution in [0.3, 0.4) is 0 Å². The lowest BCUT2D eigenvalue weighted by atomic mass is 9.90. The predicted octanol–water partition coefficient (Wildman–Crippen LogP) is 5.31. The van der Waals surface area contributed by atoms with E-state index in [1.165, 1.54) is 22.6 Å². The van der Waals surface area contributed by atoms with Crippen LogP contribution >= 0.6 is 11.3 Å². The molecule has 0 saturated carbocycles. The molecule has 1 aliphatic rings. The lowest BCUT2D eigenvalue weighted by Crippen LogP contribution is -2.36. The minimum absolute atomic E-state index is 0.0251. The van der Waals surface area contributed by atoms with Crippen LogP contribution in [0.2, 0.25) is 0 Å². The number of rotatable bonds is 9. The van der Waals surface area contributed by atoms with E-state index in [9.17, 15) is 18.0 Å². The fourth-order valence-corrected chi connectivity index (χ4v) is 7.29. The fourth-order valence-electron chi connectivity index (χ4n) is 4.59. The Balaban J connectivity index is 1.74. The van der Waals surface area contributed by atoms with E-state index in [0.29, 0.717) is 23.5 Å². The topological polar surface area (TPSA) is 90.0 Å². The van der Waals surface area contributed by atoms with Gasteiger partial charge in [0.25, 0.3) is 6.47 Å². The highest BCUT2D eigenvalue weighted by Crippen LogP contribution is 2.37. The van der Waals surface area contributed by atoms with Gasteiger partial charge in [-0.1, -0.05) is 37.3 Å². The van der Waals surface area contributed by atoms with Gasteiger partial charge in [-0.15, -0.1) is 11.3 Å². The Hall–Kier alpha value is -3.01. The molecule has 0 bridgehead atoms. The summed E-state index contributed by atoms with van der Waals surface area (Å²) >= 11 is 1.37. The standard InChI is InChI=1S/C28H31NO6S2/c1-5-23-16-29(37(32,33)27-9-7-6-8-24(27)35-23)15-22-14-21(11-10-18(22)2)28(20(4)34-17-30)26-13-12-25(36-26)19(3)31/h6-14,17,20,23,28H,5,15-16H2,1-4H3/t20?,23-,28?/m1/s1. The van der Waals surface area contributed by atoms with E-state index < -0.39 is 16.1 Å². The van der Waals surface area contributed by atoms with E-state index in [-0.39, 0.29) is 35.8 Å². The number of benzene rings is 2. The second kappa shape index (κ2) is 11.2. The Morgan fingerprint density at radius 3 is 2.65 bits per heavy atom. The second-order valence-corrected chi connectivity index (χ2v) is 12.3. The normalized spacial score (nSPS) is 18.6. The lowest BCUT2D eigenvalue weighted by Gasteiger charge is -2.26. The molecule has 1 aliphatic heterocycles. The number of Topliss-reactive ketones (excluding diaryl/α,β-unsaturated/α-hetero) is 1. The SMILES string of the molecule is CC[C@@H]1CN(Cc2cc(C(c3ccc(C(C)=O)s3)C(C)OC=O)ccc2C)S(=O)(=O)c2ccccc2O1. The summed E-state index contributed by atoms with van der Waals surface area (Å²) in [5.41, 5.74) is 2.67. The molecule has 2 aromatic carbocycles. The molecule has 37 heavy (non-hydrogen) atoms. The van der Waals surface area contributed by atoms with Gasteiger partial charge in [0.15, 0.2) is 5.78 Å². The van der Waals surface area contributed by atoms with E-state index in [1.807, 2.05) is 45.0 Å². The van der Waals surface area contributed by atoms with Gasteiger partial charge in [0.1, 0.15) is 22.9 Å². The van der Waals surface area contributed by atoms with Crippen molar-refractivity contribution in [2.45, 2.75) is 63.7 Å². The minimum Gasteiger partial charge on any atom is -0.488 e. The van der Waals surface area contributed by atoms with Crippen LogP contribution in [0.5, 0.6) is 5.75 Å². The van der Waals surface area contributed by atoms with Gasteiger partial charge in [-0.05, 0) is 68.1 Å². The number of aryl methyl sites for hydroxylation is 1. The molecule has 1 aromatic heterocycles. The van der Waals surface area contributed by atoms with Crippen LogP contribution in [-0.4, -0.2) is 43.7 Å². The quantitative estimate of drug-likeness (QED) is 0.269. The molecule has 0 aliphatic carbocycles. The first-order chi connectivity index (χ1) is 17.6. The van der Waals surface area contributed by atoms with Crippen molar-refractivity contribution in [1.29, 1.82) is 0 Å². The number of carbonyl (C=O) groups is 2. The van der Waals surface area contributed by atoms with Gasteiger partial charge in [-0.2, -0.15) is 4.31 Å². The number of para-hydroxylation sites is 1. The molecule has 7 nitrogen and oxygen atoms in total. The number of fused-ring (bicyclic) bond motifs is 1. The lowest BCUT2D eigenvalue weighted by molar-refractivity contribution is -0.133. The smallest absolute Gasteiger partial charge is 0.293 e. The molecule has 2 heterocycles. The van der Waals surface area contributed by atoms with Gasteiger partial charge in [0, 0.05) is 11.4 Å². The average Bonchev–Trinajstić information content (AvgIpc) is 3.31. The molecule has 2 unspecified atom stereocenters. The van der Waals surface area contributed by atoms with E-state index in [1.54, 1.807) is 30.3 Å². The third-order valence-corrected chi connectivity index (χ3v) is 9.84. The van der Waals surface area contributed by atoms with Gasteiger partial charge < -0.3 is 9.47 Å². The third-order valence-electron chi connectivity index (χ3n) is 6.72. The summed E-state index contributed by atoms with van der Waals surface area (Å²) < 4.78 is 40.2. The first-order valence-corrected chi connectivity index (χ1v) is 14.5. The molecule has 3 atom stereocenters. The molecule has 9 heteroatoms. The number of nitrogens with zero attached hydrogens (tertiary/aromatic N) is 1. The van der Waals surface area contributed by atoms with Crippen LogP contribution in [0.25, 0.3) is 0 Å². The molecule has 0 amide bonds. The first-order valence-electron chi connectivity index (χ1n) is 12.2. The molecule has 0 radical (unpaired) electrons. The van der Waals surface area contributed by atoms with Crippen molar-refractivity contribution in [2.75, 3.05) is 6.54 Å². The van der Waals surface area contributed by atoms with Gasteiger partial charge in [-0.3, -0.25) is 9.59 Å². The summed E-state index contributed by atoms with van der Waals surface area (Å²) in [6.45, 7) is 8.10. The van der Waals surface area contributed by atoms with Gasteiger partial charge >= 0.3 is 0 Å². The number of ether oxygens (including phenoxy) is 2. The summed E-state index contributed by atoms with van der Waals surface area (Å²) in [6, 6.07) is 16.3. The van der Waals surface area contributed by atoms with E-state index >= 15 is 0 Å². The van der Waals surface area contributed by atoms with Crippen molar-refractivity contribution < 1.29 is 27.5 Å². The molecule has 0 spiro atoms. The zero-order chi connectivity index (χ0) is 26.7. The predicted molar refractivity (Wildman–Crippen MR) is 143 cm³/mol. The Morgan fingerprint density at radius 2 is 1.97 bits per heavy atom. The molecule has 0 saturated heterocycles. The van der Waals surface area contributed by atoms with Crippen LogP contribution in [0, 0.1) is 6.92 Å². The Kier molecular flexibility index (Phi) is 8.16. The fraction of sp³-hybridized carbons (Fsp3) is 0.357. The number of hydrogen-bond acceptors (Lipinski definition) is 7. The van der Waals surface area contributed by atoms with Gasteiger partial charge in [0.05, 0.1) is 17.3 Å². The molecule has 4 rings (SSSR count). The highest BCUT2D eigenvalue weighted by molar-refractivity contribution is 7.89. The average molecular weight is 542 g/mol.